The van der Waals surface area contributed by atoms with Crippen LogP contribution in [0.4, 0.5) is 26.7 Å². The highest BCUT2D eigenvalue weighted by molar-refractivity contribution is 5.92. The van der Waals surface area contributed by atoms with Gasteiger partial charge < -0.3 is 20.5 Å². The SMILES string of the molecule is CC(C)(C)OC(=O)Nc1ccc(N)c(NC(=O)OC(c2ccncc2)C2CCNCC2)c1. The first kappa shape index (κ1) is 23.3. The number of aromatic nitrogens is 1. The molecule has 1 atom stereocenters. The number of anilines is 3. The van der Waals surface area contributed by atoms with Crippen LogP contribution < -0.4 is 21.7 Å². The van der Waals surface area contributed by atoms with E-state index in [9.17, 15) is 9.59 Å². The Balaban J connectivity index is 1.70. The van der Waals surface area contributed by atoms with E-state index < -0.39 is 23.9 Å². The molecule has 9 nitrogen and oxygen atoms in total. The number of hydrogen-bond acceptors (Lipinski definition) is 7. The number of carbonyl (C=O) groups excluding carboxylic acids is 2. The molecule has 3 rings (SSSR count). The fraction of sp³-hybridized carbons (Fsp3) is 0.435. The first-order valence-corrected chi connectivity index (χ1v) is 10.7. The zero-order valence-corrected chi connectivity index (χ0v) is 18.7. The second kappa shape index (κ2) is 10.3. The fourth-order valence-electron chi connectivity index (χ4n) is 3.56. The van der Waals surface area contributed by atoms with E-state index in [0.717, 1.165) is 31.5 Å². The predicted octanol–water partition coefficient (Wildman–Crippen LogP) is 4.30. The van der Waals surface area contributed by atoms with Crippen LogP contribution in [0.2, 0.25) is 0 Å². The van der Waals surface area contributed by atoms with E-state index in [-0.39, 0.29) is 5.92 Å². The summed E-state index contributed by atoms with van der Waals surface area (Å²) in [7, 11) is 0. The van der Waals surface area contributed by atoms with Gasteiger partial charge in [-0.1, -0.05) is 0 Å². The Kier molecular flexibility index (Phi) is 7.53. The van der Waals surface area contributed by atoms with Crippen LogP contribution in [0.25, 0.3) is 0 Å². The minimum Gasteiger partial charge on any atom is -0.444 e. The summed E-state index contributed by atoms with van der Waals surface area (Å²) < 4.78 is 11.1. The third-order valence-electron chi connectivity index (χ3n) is 5.02. The molecule has 0 spiro atoms. The van der Waals surface area contributed by atoms with Crippen molar-refractivity contribution >= 4 is 29.2 Å². The van der Waals surface area contributed by atoms with E-state index in [1.54, 1.807) is 51.4 Å². The van der Waals surface area contributed by atoms with Crippen LogP contribution in [-0.2, 0) is 9.47 Å². The van der Waals surface area contributed by atoms with Crippen LogP contribution in [0.3, 0.4) is 0 Å². The van der Waals surface area contributed by atoms with Gasteiger partial charge in [-0.25, -0.2) is 9.59 Å². The number of rotatable bonds is 5. The summed E-state index contributed by atoms with van der Waals surface area (Å²) in [4.78, 5) is 28.9. The number of hydrogen-bond donors (Lipinski definition) is 4. The first-order chi connectivity index (χ1) is 15.2. The third-order valence-corrected chi connectivity index (χ3v) is 5.02. The topological polar surface area (TPSA) is 128 Å². The molecule has 1 aromatic heterocycles. The fourth-order valence-corrected chi connectivity index (χ4v) is 3.56. The van der Waals surface area contributed by atoms with Crippen molar-refractivity contribution in [2.45, 2.75) is 45.3 Å². The van der Waals surface area contributed by atoms with Gasteiger partial charge in [0.05, 0.1) is 11.4 Å². The van der Waals surface area contributed by atoms with Crippen LogP contribution in [0.5, 0.6) is 0 Å². The number of nitrogens with one attached hydrogen (secondary N) is 3. The maximum Gasteiger partial charge on any atom is 0.412 e. The van der Waals surface area contributed by atoms with E-state index in [2.05, 4.69) is 20.9 Å². The minimum atomic E-state index is -0.626. The number of nitrogen functional groups attached to an aromatic ring is 1. The number of nitrogens with zero attached hydrogens (tertiary/aromatic N) is 1. The highest BCUT2D eigenvalue weighted by Gasteiger charge is 2.28. The summed E-state index contributed by atoms with van der Waals surface area (Å²) in [6, 6.07) is 8.51. The molecule has 172 valence electrons. The largest absolute Gasteiger partial charge is 0.444 e. The Morgan fingerprint density at radius 1 is 1.09 bits per heavy atom. The Morgan fingerprint density at radius 2 is 1.78 bits per heavy atom. The van der Waals surface area contributed by atoms with Gasteiger partial charge in [0.15, 0.2) is 0 Å². The van der Waals surface area contributed by atoms with Crippen LogP contribution in [0, 0.1) is 5.92 Å². The summed E-state index contributed by atoms with van der Waals surface area (Å²) in [6.45, 7) is 7.09. The van der Waals surface area contributed by atoms with Gasteiger partial charge in [0.1, 0.15) is 11.7 Å². The maximum absolute atomic E-state index is 12.8. The molecule has 5 N–H and O–H groups in total. The van der Waals surface area contributed by atoms with Crippen molar-refractivity contribution in [3.05, 3.63) is 48.3 Å². The number of amides is 2. The van der Waals surface area contributed by atoms with Crippen molar-refractivity contribution < 1.29 is 19.1 Å². The molecular weight excluding hydrogens is 410 g/mol. The molecule has 0 bridgehead atoms. The van der Waals surface area contributed by atoms with Gasteiger partial charge in [0, 0.05) is 24.0 Å². The van der Waals surface area contributed by atoms with Gasteiger partial charge in [-0.2, -0.15) is 0 Å². The summed E-state index contributed by atoms with van der Waals surface area (Å²) in [5.41, 5.74) is 7.42. The quantitative estimate of drug-likeness (QED) is 0.509. The highest BCUT2D eigenvalue weighted by atomic mass is 16.6. The van der Waals surface area contributed by atoms with Crippen molar-refractivity contribution in [2.75, 3.05) is 29.5 Å². The van der Waals surface area contributed by atoms with E-state index in [1.807, 2.05) is 12.1 Å². The lowest BCUT2D eigenvalue weighted by molar-refractivity contribution is 0.0590. The van der Waals surface area contributed by atoms with Crippen LogP contribution in [-0.4, -0.2) is 35.9 Å². The second-order valence-electron chi connectivity index (χ2n) is 8.75. The summed E-state index contributed by atoms with van der Waals surface area (Å²) >= 11 is 0. The monoisotopic (exact) mass is 441 g/mol. The Bertz CT molecular complexity index is 924. The Labute approximate surface area is 188 Å². The smallest absolute Gasteiger partial charge is 0.412 e. The normalized spacial score (nSPS) is 15.5. The molecule has 1 fully saturated rings. The van der Waals surface area contributed by atoms with E-state index >= 15 is 0 Å². The molecule has 1 aromatic carbocycles. The molecule has 1 unspecified atom stereocenters. The van der Waals surface area contributed by atoms with E-state index in [0.29, 0.717) is 17.1 Å². The third kappa shape index (κ3) is 6.84. The van der Waals surface area contributed by atoms with Crippen LogP contribution in [0.15, 0.2) is 42.7 Å². The van der Waals surface area contributed by atoms with Crippen molar-refractivity contribution in [3.63, 3.8) is 0 Å². The zero-order chi connectivity index (χ0) is 23.1. The molecule has 2 heterocycles. The molecule has 2 amide bonds. The Morgan fingerprint density at radius 3 is 2.44 bits per heavy atom. The highest BCUT2D eigenvalue weighted by Crippen LogP contribution is 2.33. The summed E-state index contributed by atoms with van der Waals surface area (Å²) in [6.07, 6.45) is 3.56. The first-order valence-electron chi connectivity index (χ1n) is 10.7. The number of nitrogens with two attached hydrogens (primary N) is 1. The van der Waals surface area contributed by atoms with Crippen LogP contribution in [0.1, 0.15) is 45.3 Å². The predicted molar refractivity (Wildman–Crippen MR) is 123 cm³/mol. The Hall–Kier alpha value is -3.33. The van der Waals surface area contributed by atoms with Gasteiger partial charge in [-0.15, -0.1) is 0 Å². The number of benzene rings is 1. The molecule has 32 heavy (non-hydrogen) atoms. The number of piperidine rings is 1. The number of ether oxygens (including phenoxy) is 2. The lowest BCUT2D eigenvalue weighted by Crippen LogP contribution is -2.33. The van der Waals surface area contributed by atoms with Crippen molar-refractivity contribution in [3.8, 4) is 0 Å². The molecule has 1 aliphatic rings. The minimum absolute atomic E-state index is 0.196. The van der Waals surface area contributed by atoms with Crippen LogP contribution >= 0.6 is 0 Å². The molecule has 1 saturated heterocycles. The maximum atomic E-state index is 12.8. The molecular formula is C23H31N5O4. The molecule has 0 aliphatic carbocycles. The van der Waals surface area contributed by atoms with E-state index in [4.69, 9.17) is 15.2 Å². The summed E-state index contributed by atoms with van der Waals surface area (Å²) in [5, 5.41) is 8.66. The van der Waals surface area contributed by atoms with Crippen molar-refractivity contribution in [2.24, 2.45) is 5.92 Å². The number of pyridine rings is 1. The molecule has 2 aromatic rings. The lowest BCUT2D eigenvalue weighted by Gasteiger charge is -2.30. The van der Waals surface area contributed by atoms with Crippen molar-refractivity contribution in [1.29, 1.82) is 0 Å². The lowest BCUT2D eigenvalue weighted by atomic mass is 9.88. The van der Waals surface area contributed by atoms with Gasteiger partial charge in [-0.05, 0) is 82.6 Å². The number of carbonyl (C=O) groups is 2. The molecule has 1 aliphatic heterocycles. The van der Waals surface area contributed by atoms with Gasteiger partial charge >= 0.3 is 12.2 Å². The van der Waals surface area contributed by atoms with Gasteiger partial charge in [0.25, 0.3) is 0 Å². The summed E-state index contributed by atoms with van der Waals surface area (Å²) in [5.74, 6) is 0.196. The van der Waals surface area contributed by atoms with Gasteiger partial charge in [0.2, 0.25) is 0 Å². The van der Waals surface area contributed by atoms with Crippen molar-refractivity contribution in [1.82, 2.24) is 10.3 Å². The molecule has 0 radical (unpaired) electrons. The molecule has 0 saturated carbocycles. The average Bonchev–Trinajstić information content (AvgIpc) is 2.74. The average molecular weight is 442 g/mol. The zero-order valence-electron chi connectivity index (χ0n) is 18.7. The van der Waals surface area contributed by atoms with Gasteiger partial charge in [-0.3, -0.25) is 15.6 Å². The molecule has 9 heteroatoms. The standard InChI is InChI=1S/C23H31N5O4/c1-23(2,3)32-22(30)27-17-4-5-18(24)19(14-17)28-21(29)31-20(15-6-10-25-11-7-15)16-8-12-26-13-9-16/h4-7,10-11,14,16,20,26H,8-9,12-13,24H2,1-3H3,(H,27,30)(H,28,29). The van der Waals surface area contributed by atoms with E-state index in [1.165, 1.54) is 0 Å². The second-order valence-corrected chi connectivity index (χ2v) is 8.75.